The second-order valence-electron chi connectivity index (χ2n) is 4.53. The molecular formula is C12H22N2O4. The Labute approximate surface area is 107 Å². The van der Waals surface area contributed by atoms with Crippen molar-refractivity contribution in [3.8, 4) is 0 Å². The number of unbranched alkanes of at least 4 members (excludes halogenated alkanes) is 1. The van der Waals surface area contributed by atoms with Gasteiger partial charge in [-0.1, -0.05) is 13.8 Å². The topological polar surface area (TPSA) is 95.5 Å². The van der Waals surface area contributed by atoms with Crippen LogP contribution in [0.3, 0.4) is 0 Å². The summed E-state index contributed by atoms with van der Waals surface area (Å²) in [5, 5.41) is 14.1. The van der Waals surface area contributed by atoms with Gasteiger partial charge in [-0.25, -0.2) is 4.79 Å². The Morgan fingerprint density at radius 3 is 2.22 bits per heavy atom. The van der Waals surface area contributed by atoms with Crippen molar-refractivity contribution in [2.75, 3.05) is 6.54 Å². The van der Waals surface area contributed by atoms with Crippen LogP contribution in [0.25, 0.3) is 0 Å². The van der Waals surface area contributed by atoms with Crippen LogP contribution in [0.2, 0.25) is 0 Å². The molecule has 0 aromatic rings. The summed E-state index contributed by atoms with van der Waals surface area (Å²) in [4.78, 5) is 33.0. The van der Waals surface area contributed by atoms with Gasteiger partial charge in [-0.15, -0.1) is 0 Å². The molecule has 0 bridgehead atoms. The Morgan fingerprint density at radius 2 is 1.78 bits per heavy atom. The summed E-state index contributed by atoms with van der Waals surface area (Å²) in [6, 6.07) is -0.850. The van der Waals surface area contributed by atoms with Crippen LogP contribution in [0.1, 0.15) is 40.0 Å². The quantitative estimate of drug-likeness (QED) is 0.553. The molecule has 1 unspecified atom stereocenters. The number of carbonyl (C=O) groups is 3. The van der Waals surface area contributed by atoms with Gasteiger partial charge in [-0.3, -0.25) is 9.59 Å². The van der Waals surface area contributed by atoms with E-state index in [2.05, 4.69) is 10.6 Å². The molecule has 0 aliphatic heterocycles. The predicted octanol–water partition coefficient (Wildman–Crippen LogP) is 0.518. The van der Waals surface area contributed by atoms with Crippen molar-refractivity contribution >= 4 is 17.8 Å². The summed E-state index contributed by atoms with van der Waals surface area (Å²) in [5.74, 6) is -1.61. The van der Waals surface area contributed by atoms with E-state index >= 15 is 0 Å². The van der Waals surface area contributed by atoms with Crippen LogP contribution < -0.4 is 10.6 Å². The Morgan fingerprint density at radius 1 is 1.17 bits per heavy atom. The SMILES string of the molecule is CC(=O)NCCCCC(NC(=O)C(C)C)C(=O)O. The summed E-state index contributed by atoms with van der Waals surface area (Å²) in [6.45, 7) is 5.39. The molecule has 0 saturated carbocycles. The van der Waals surface area contributed by atoms with Gasteiger partial charge in [0.2, 0.25) is 11.8 Å². The van der Waals surface area contributed by atoms with Crippen LogP contribution in [0.5, 0.6) is 0 Å². The minimum absolute atomic E-state index is 0.0992. The van der Waals surface area contributed by atoms with Gasteiger partial charge in [-0.2, -0.15) is 0 Å². The van der Waals surface area contributed by atoms with Gasteiger partial charge < -0.3 is 15.7 Å². The summed E-state index contributed by atoms with van der Waals surface area (Å²) in [6.07, 6.45) is 1.70. The van der Waals surface area contributed by atoms with Crippen LogP contribution in [0, 0.1) is 5.92 Å². The van der Waals surface area contributed by atoms with E-state index in [0.29, 0.717) is 25.8 Å². The highest BCUT2D eigenvalue weighted by molar-refractivity contribution is 5.84. The van der Waals surface area contributed by atoms with Gasteiger partial charge in [0.25, 0.3) is 0 Å². The maximum Gasteiger partial charge on any atom is 0.326 e. The van der Waals surface area contributed by atoms with Crippen LogP contribution in [0.4, 0.5) is 0 Å². The van der Waals surface area contributed by atoms with Crippen molar-refractivity contribution < 1.29 is 19.5 Å². The molecule has 18 heavy (non-hydrogen) atoms. The predicted molar refractivity (Wildman–Crippen MR) is 66.9 cm³/mol. The Hall–Kier alpha value is -1.59. The second kappa shape index (κ2) is 8.49. The minimum Gasteiger partial charge on any atom is -0.480 e. The third kappa shape index (κ3) is 7.65. The lowest BCUT2D eigenvalue weighted by molar-refractivity contribution is -0.142. The molecule has 0 aliphatic rings. The third-order valence-electron chi connectivity index (χ3n) is 2.43. The number of aliphatic carboxylic acids is 1. The van der Waals surface area contributed by atoms with Crippen LogP contribution in [-0.2, 0) is 14.4 Å². The van der Waals surface area contributed by atoms with Gasteiger partial charge in [0.15, 0.2) is 0 Å². The Kier molecular flexibility index (Phi) is 7.74. The number of rotatable bonds is 8. The highest BCUT2D eigenvalue weighted by atomic mass is 16.4. The zero-order chi connectivity index (χ0) is 14.1. The number of carboxylic acid groups (broad SMARTS) is 1. The first-order chi connectivity index (χ1) is 8.34. The van der Waals surface area contributed by atoms with Crippen molar-refractivity contribution in [1.29, 1.82) is 0 Å². The molecule has 1 atom stereocenters. The van der Waals surface area contributed by atoms with E-state index in [4.69, 9.17) is 5.11 Å². The standard InChI is InChI=1S/C12H22N2O4/c1-8(2)11(16)14-10(12(17)18)6-4-5-7-13-9(3)15/h8,10H,4-7H2,1-3H3,(H,13,15)(H,14,16)(H,17,18). The average molecular weight is 258 g/mol. The van der Waals surface area contributed by atoms with Crippen molar-refractivity contribution in [2.45, 2.75) is 46.1 Å². The molecule has 2 amide bonds. The van der Waals surface area contributed by atoms with E-state index in [9.17, 15) is 14.4 Å². The average Bonchev–Trinajstić information content (AvgIpc) is 2.25. The van der Waals surface area contributed by atoms with Gasteiger partial charge in [0.1, 0.15) is 6.04 Å². The van der Waals surface area contributed by atoms with Crippen molar-refractivity contribution in [3.63, 3.8) is 0 Å². The minimum atomic E-state index is -1.02. The largest absolute Gasteiger partial charge is 0.480 e. The number of hydrogen-bond donors (Lipinski definition) is 3. The molecule has 0 aromatic carbocycles. The molecule has 0 radical (unpaired) electrons. The van der Waals surface area contributed by atoms with Gasteiger partial charge in [0, 0.05) is 19.4 Å². The summed E-state index contributed by atoms with van der Waals surface area (Å²) in [7, 11) is 0. The number of amides is 2. The summed E-state index contributed by atoms with van der Waals surface area (Å²) < 4.78 is 0. The first-order valence-electron chi connectivity index (χ1n) is 6.12. The number of nitrogens with one attached hydrogen (secondary N) is 2. The third-order valence-corrected chi connectivity index (χ3v) is 2.43. The van der Waals surface area contributed by atoms with Crippen molar-refractivity contribution in [3.05, 3.63) is 0 Å². The summed E-state index contributed by atoms with van der Waals surface area (Å²) >= 11 is 0. The number of carbonyl (C=O) groups excluding carboxylic acids is 2. The fraction of sp³-hybridized carbons (Fsp3) is 0.750. The van der Waals surface area contributed by atoms with E-state index < -0.39 is 12.0 Å². The lowest BCUT2D eigenvalue weighted by Gasteiger charge is -2.15. The number of hydrogen-bond acceptors (Lipinski definition) is 3. The lowest BCUT2D eigenvalue weighted by atomic mass is 10.1. The Bertz CT molecular complexity index is 302. The van der Waals surface area contributed by atoms with Crippen molar-refractivity contribution in [2.24, 2.45) is 5.92 Å². The molecule has 0 fully saturated rings. The molecule has 104 valence electrons. The van der Waals surface area contributed by atoms with Gasteiger partial charge in [-0.05, 0) is 19.3 Å². The fourth-order valence-corrected chi connectivity index (χ4v) is 1.33. The molecular weight excluding hydrogens is 236 g/mol. The van der Waals surface area contributed by atoms with Crippen LogP contribution in [-0.4, -0.2) is 35.5 Å². The highest BCUT2D eigenvalue weighted by Crippen LogP contribution is 2.03. The zero-order valence-corrected chi connectivity index (χ0v) is 11.2. The summed E-state index contributed by atoms with van der Waals surface area (Å²) in [5.41, 5.74) is 0. The zero-order valence-electron chi connectivity index (χ0n) is 11.2. The van der Waals surface area contributed by atoms with E-state index in [0.717, 1.165) is 0 Å². The molecule has 0 saturated heterocycles. The van der Waals surface area contributed by atoms with E-state index in [-0.39, 0.29) is 17.7 Å². The molecule has 6 nitrogen and oxygen atoms in total. The van der Waals surface area contributed by atoms with Gasteiger partial charge in [0.05, 0.1) is 0 Å². The molecule has 0 spiro atoms. The smallest absolute Gasteiger partial charge is 0.326 e. The molecule has 6 heteroatoms. The Balaban J connectivity index is 3.95. The second-order valence-corrected chi connectivity index (χ2v) is 4.53. The van der Waals surface area contributed by atoms with E-state index in [1.54, 1.807) is 13.8 Å². The maximum atomic E-state index is 11.4. The highest BCUT2D eigenvalue weighted by Gasteiger charge is 2.20. The van der Waals surface area contributed by atoms with Crippen LogP contribution >= 0.6 is 0 Å². The molecule has 0 aromatic heterocycles. The lowest BCUT2D eigenvalue weighted by Crippen LogP contribution is -2.42. The van der Waals surface area contributed by atoms with Gasteiger partial charge >= 0.3 is 5.97 Å². The van der Waals surface area contributed by atoms with Crippen molar-refractivity contribution in [1.82, 2.24) is 10.6 Å². The molecule has 0 aliphatic carbocycles. The maximum absolute atomic E-state index is 11.4. The monoisotopic (exact) mass is 258 g/mol. The molecule has 0 heterocycles. The van der Waals surface area contributed by atoms with E-state index in [1.807, 2.05) is 0 Å². The molecule has 3 N–H and O–H groups in total. The van der Waals surface area contributed by atoms with Crippen LogP contribution in [0.15, 0.2) is 0 Å². The first-order valence-corrected chi connectivity index (χ1v) is 6.12. The normalized spacial score (nSPS) is 12.0. The van der Waals surface area contributed by atoms with E-state index in [1.165, 1.54) is 6.92 Å². The number of carboxylic acids is 1. The first kappa shape index (κ1) is 16.4. The molecule has 0 rings (SSSR count). The fourth-order valence-electron chi connectivity index (χ4n) is 1.33.